The van der Waals surface area contributed by atoms with Gasteiger partial charge in [-0.15, -0.1) is 0 Å². The zero-order chi connectivity index (χ0) is 15.6. The van der Waals surface area contributed by atoms with Gasteiger partial charge in [0.25, 0.3) is 0 Å². The zero-order valence-corrected chi connectivity index (χ0v) is 10.3. The molecule has 1 atom stereocenters. The van der Waals surface area contributed by atoms with Crippen molar-refractivity contribution < 1.29 is 27.5 Å². The van der Waals surface area contributed by atoms with Crippen LogP contribution in [0.15, 0.2) is 18.2 Å². The van der Waals surface area contributed by atoms with Crippen LogP contribution in [-0.4, -0.2) is 22.8 Å². The van der Waals surface area contributed by atoms with Gasteiger partial charge >= 0.3 is 12.1 Å². The van der Waals surface area contributed by atoms with Gasteiger partial charge in [-0.2, -0.15) is 18.4 Å². The monoisotopic (exact) mass is 290 g/mol. The van der Waals surface area contributed by atoms with E-state index < -0.39 is 30.0 Å². The first kappa shape index (κ1) is 15.9. The van der Waals surface area contributed by atoms with E-state index in [2.05, 4.69) is 0 Å². The van der Waals surface area contributed by atoms with Crippen molar-refractivity contribution >= 4 is 5.97 Å². The van der Waals surface area contributed by atoms with Crippen molar-refractivity contribution in [1.29, 1.82) is 5.26 Å². The fourth-order valence-corrected chi connectivity index (χ4v) is 1.38. The van der Waals surface area contributed by atoms with Gasteiger partial charge in [0.1, 0.15) is 5.82 Å². The molecule has 0 aliphatic rings. The van der Waals surface area contributed by atoms with Crippen LogP contribution in [0.1, 0.15) is 18.1 Å². The first-order valence-electron chi connectivity index (χ1n) is 5.35. The van der Waals surface area contributed by atoms with E-state index in [4.69, 9.17) is 10.4 Å². The Balaban J connectivity index is 3.01. The van der Waals surface area contributed by atoms with Gasteiger partial charge in [0.15, 0.2) is 0 Å². The van der Waals surface area contributed by atoms with Crippen molar-refractivity contribution in [3.05, 3.63) is 35.1 Å². The minimum absolute atomic E-state index is 0.0747. The van der Waals surface area contributed by atoms with Crippen molar-refractivity contribution in [1.82, 2.24) is 5.32 Å². The number of nitriles is 1. The quantitative estimate of drug-likeness (QED) is 0.834. The van der Waals surface area contributed by atoms with E-state index in [-0.39, 0.29) is 11.1 Å². The number of carbonyl (C=O) groups is 1. The Kier molecular flexibility index (Phi) is 4.35. The van der Waals surface area contributed by atoms with E-state index in [0.717, 1.165) is 18.2 Å². The average molecular weight is 290 g/mol. The summed E-state index contributed by atoms with van der Waals surface area (Å²) < 4.78 is 51.1. The lowest BCUT2D eigenvalue weighted by Crippen LogP contribution is -2.59. The summed E-state index contributed by atoms with van der Waals surface area (Å²) >= 11 is 0. The van der Waals surface area contributed by atoms with E-state index in [0.29, 0.717) is 6.92 Å². The molecule has 20 heavy (non-hydrogen) atoms. The van der Waals surface area contributed by atoms with E-state index in [1.807, 2.05) is 5.32 Å². The fraction of sp³-hybridized carbons (Fsp3) is 0.333. The molecule has 4 nitrogen and oxygen atoms in total. The summed E-state index contributed by atoms with van der Waals surface area (Å²) in [6.45, 7) is -0.0591. The van der Waals surface area contributed by atoms with Gasteiger partial charge in [0, 0.05) is 6.54 Å². The molecule has 0 radical (unpaired) electrons. The molecular formula is C12H10F4N2O2. The summed E-state index contributed by atoms with van der Waals surface area (Å²) in [6, 6.07) is 4.60. The third-order valence-corrected chi connectivity index (χ3v) is 2.82. The summed E-state index contributed by atoms with van der Waals surface area (Å²) in [5, 5.41) is 19.3. The third-order valence-electron chi connectivity index (χ3n) is 2.82. The first-order valence-corrected chi connectivity index (χ1v) is 5.35. The number of aliphatic carboxylic acids is 1. The SMILES string of the molecule is CC(NCc1ccc(F)cc1C#N)(C(=O)O)C(F)(F)F. The Morgan fingerprint density at radius 2 is 2.05 bits per heavy atom. The highest BCUT2D eigenvalue weighted by atomic mass is 19.4. The van der Waals surface area contributed by atoms with Gasteiger partial charge in [-0.05, 0) is 24.6 Å². The molecule has 0 aromatic heterocycles. The van der Waals surface area contributed by atoms with Crippen LogP contribution < -0.4 is 5.32 Å². The molecule has 8 heteroatoms. The standard InChI is InChI=1S/C12H10F4N2O2/c1-11(10(19)20,12(14,15)16)18-6-7-2-3-9(13)4-8(7)5-17/h2-4,18H,6H2,1H3,(H,19,20). The Hall–Kier alpha value is -2.14. The molecule has 2 N–H and O–H groups in total. The van der Waals surface area contributed by atoms with Crippen molar-refractivity contribution in [3.8, 4) is 6.07 Å². The van der Waals surface area contributed by atoms with Crippen molar-refractivity contribution in [2.45, 2.75) is 25.2 Å². The second-order valence-corrected chi connectivity index (χ2v) is 4.19. The number of rotatable bonds is 4. The van der Waals surface area contributed by atoms with Crippen LogP contribution in [0, 0.1) is 17.1 Å². The molecule has 1 rings (SSSR count). The lowest BCUT2D eigenvalue weighted by Gasteiger charge is -2.28. The second kappa shape index (κ2) is 5.46. The molecule has 0 aliphatic carbocycles. The third kappa shape index (κ3) is 3.05. The maximum absolute atomic E-state index is 12.9. The molecule has 0 bridgehead atoms. The Morgan fingerprint density at radius 1 is 1.45 bits per heavy atom. The number of hydrogen-bond donors (Lipinski definition) is 2. The number of carboxylic acid groups (broad SMARTS) is 1. The molecule has 0 heterocycles. The number of alkyl halides is 3. The topological polar surface area (TPSA) is 73.1 Å². The van der Waals surface area contributed by atoms with Crippen molar-refractivity contribution in [2.24, 2.45) is 0 Å². The number of nitrogens with one attached hydrogen (secondary N) is 1. The molecule has 0 amide bonds. The minimum atomic E-state index is -5.02. The Bertz CT molecular complexity index is 566. The zero-order valence-electron chi connectivity index (χ0n) is 10.3. The molecule has 0 fully saturated rings. The van der Waals surface area contributed by atoms with E-state index >= 15 is 0 Å². The molecule has 0 saturated heterocycles. The predicted molar refractivity (Wildman–Crippen MR) is 60.1 cm³/mol. The van der Waals surface area contributed by atoms with Crippen LogP contribution in [0.3, 0.4) is 0 Å². The van der Waals surface area contributed by atoms with Gasteiger partial charge in [-0.3, -0.25) is 5.32 Å². The number of hydrogen-bond acceptors (Lipinski definition) is 3. The van der Waals surface area contributed by atoms with Crippen LogP contribution in [0.5, 0.6) is 0 Å². The largest absolute Gasteiger partial charge is 0.480 e. The summed E-state index contributed by atoms with van der Waals surface area (Å²) in [6.07, 6.45) is -5.02. The Morgan fingerprint density at radius 3 is 2.50 bits per heavy atom. The number of halogens is 4. The molecular weight excluding hydrogens is 280 g/mol. The van der Waals surface area contributed by atoms with Crippen LogP contribution >= 0.6 is 0 Å². The predicted octanol–water partition coefficient (Wildman–Crippen LogP) is 2.19. The summed E-state index contributed by atoms with van der Waals surface area (Å²) in [4.78, 5) is 10.8. The van der Waals surface area contributed by atoms with Crippen LogP contribution in [-0.2, 0) is 11.3 Å². The molecule has 0 aliphatic heterocycles. The average Bonchev–Trinajstić information content (AvgIpc) is 2.35. The van der Waals surface area contributed by atoms with E-state index in [1.54, 1.807) is 6.07 Å². The highest BCUT2D eigenvalue weighted by Crippen LogP contribution is 2.30. The van der Waals surface area contributed by atoms with Crippen LogP contribution in [0.25, 0.3) is 0 Å². The highest BCUT2D eigenvalue weighted by Gasteiger charge is 2.57. The maximum Gasteiger partial charge on any atom is 0.417 e. The smallest absolute Gasteiger partial charge is 0.417 e. The fourth-order valence-electron chi connectivity index (χ4n) is 1.38. The molecule has 108 valence electrons. The molecule has 0 spiro atoms. The van der Waals surface area contributed by atoms with Gasteiger partial charge in [-0.25, -0.2) is 9.18 Å². The minimum Gasteiger partial charge on any atom is -0.480 e. The molecule has 1 aromatic rings. The lowest BCUT2D eigenvalue weighted by atomic mass is 10.0. The highest BCUT2D eigenvalue weighted by molar-refractivity contribution is 5.79. The van der Waals surface area contributed by atoms with Gasteiger partial charge < -0.3 is 5.11 Å². The lowest BCUT2D eigenvalue weighted by molar-refractivity contribution is -0.206. The van der Waals surface area contributed by atoms with Gasteiger partial charge in [0.05, 0.1) is 11.6 Å². The summed E-state index contributed by atoms with van der Waals surface area (Å²) in [7, 11) is 0. The van der Waals surface area contributed by atoms with Crippen molar-refractivity contribution in [2.75, 3.05) is 0 Å². The first-order chi connectivity index (χ1) is 9.11. The van der Waals surface area contributed by atoms with Crippen molar-refractivity contribution in [3.63, 3.8) is 0 Å². The molecule has 1 aromatic carbocycles. The Labute approximate surface area is 111 Å². The summed E-state index contributed by atoms with van der Waals surface area (Å²) in [5.41, 5.74) is -3.24. The molecule has 1 unspecified atom stereocenters. The van der Waals surface area contributed by atoms with Gasteiger partial charge in [0.2, 0.25) is 5.54 Å². The normalized spacial score (nSPS) is 14.4. The number of benzene rings is 1. The van der Waals surface area contributed by atoms with Gasteiger partial charge in [-0.1, -0.05) is 6.07 Å². The van der Waals surface area contributed by atoms with E-state index in [1.165, 1.54) is 0 Å². The maximum atomic E-state index is 12.9. The number of nitrogens with zero attached hydrogens (tertiary/aromatic N) is 1. The molecule has 0 saturated carbocycles. The van der Waals surface area contributed by atoms with E-state index in [9.17, 15) is 22.4 Å². The summed E-state index contributed by atoms with van der Waals surface area (Å²) in [5.74, 6) is -2.80. The van der Waals surface area contributed by atoms with Crippen LogP contribution in [0.4, 0.5) is 17.6 Å². The second-order valence-electron chi connectivity index (χ2n) is 4.19. The number of carboxylic acids is 1. The van der Waals surface area contributed by atoms with Crippen LogP contribution in [0.2, 0.25) is 0 Å².